The summed E-state index contributed by atoms with van der Waals surface area (Å²) in [7, 11) is 0. The number of aliphatic hydroxyl groups excluding tert-OH is 1. The molecule has 3 rings (SSSR count). The van der Waals surface area contributed by atoms with Crippen LogP contribution in [0.3, 0.4) is 0 Å². The van der Waals surface area contributed by atoms with Crippen LogP contribution in [0.5, 0.6) is 0 Å². The molecule has 1 unspecified atom stereocenters. The third-order valence-electron chi connectivity index (χ3n) is 3.36. The van der Waals surface area contributed by atoms with Gasteiger partial charge in [-0.15, -0.1) is 10.2 Å². The molecule has 1 aliphatic heterocycles. The minimum atomic E-state index is -0.680. The molecule has 2 aromatic rings. The van der Waals surface area contributed by atoms with Crippen molar-refractivity contribution in [2.24, 2.45) is 0 Å². The van der Waals surface area contributed by atoms with Crippen LogP contribution in [0.1, 0.15) is 19.9 Å². The Morgan fingerprint density at radius 1 is 1.40 bits per heavy atom. The van der Waals surface area contributed by atoms with E-state index in [2.05, 4.69) is 34.3 Å². The van der Waals surface area contributed by atoms with Crippen molar-refractivity contribution < 1.29 is 5.11 Å². The van der Waals surface area contributed by atoms with Gasteiger partial charge in [-0.3, -0.25) is 5.32 Å². The molecular weight excluding hydrogens is 256 g/mol. The number of nitrogens with one attached hydrogen (secondary N) is 1. The molecule has 1 aliphatic rings. The van der Waals surface area contributed by atoms with Crippen molar-refractivity contribution in [2.45, 2.75) is 26.2 Å². The second-order valence-corrected chi connectivity index (χ2v) is 5.06. The maximum absolute atomic E-state index is 9.85. The number of hydrogen-bond acceptors (Lipinski definition) is 6. The van der Waals surface area contributed by atoms with Crippen LogP contribution in [0.2, 0.25) is 0 Å². The van der Waals surface area contributed by atoms with Crippen molar-refractivity contribution in [1.82, 2.24) is 25.1 Å². The topological polar surface area (TPSA) is 79.1 Å². The molecule has 0 spiro atoms. The SMILES string of the molecule is CC(C)n1cnnc1-c1cccc(N2CCNC2O)n1. The van der Waals surface area contributed by atoms with Gasteiger partial charge < -0.3 is 14.6 Å². The Morgan fingerprint density at radius 3 is 2.95 bits per heavy atom. The van der Waals surface area contributed by atoms with Crippen molar-refractivity contribution in [2.75, 3.05) is 18.0 Å². The fraction of sp³-hybridized carbons (Fsp3) is 0.462. The summed E-state index contributed by atoms with van der Waals surface area (Å²) >= 11 is 0. The van der Waals surface area contributed by atoms with Gasteiger partial charge in [0.1, 0.15) is 17.8 Å². The summed E-state index contributed by atoms with van der Waals surface area (Å²) in [5.74, 6) is 1.47. The summed E-state index contributed by atoms with van der Waals surface area (Å²) < 4.78 is 1.98. The molecule has 7 nitrogen and oxygen atoms in total. The Kier molecular flexibility index (Phi) is 3.37. The highest BCUT2D eigenvalue weighted by atomic mass is 16.3. The van der Waals surface area contributed by atoms with Crippen molar-refractivity contribution in [3.63, 3.8) is 0 Å². The molecule has 0 aliphatic carbocycles. The summed E-state index contributed by atoms with van der Waals surface area (Å²) in [6.07, 6.45) is 1.03. The van der Waals surface area contributed by atoms with Crippen LogP contribution in [-0.4, -0.2) is 44.3 Å². The molecule has 0 radical (unpaired) electrons. The molecular formula is C13H18N6O. The first kappa shape index (κ1) is 13.0. The largest absolute Gasteiger partial charge is 0.361 e. The zero-order valence-electron chi connectivity index (χ0n) is 11.6. The molecule has 2 aromatic heterocycles. The highest BCUT2D eigenvalue weighted by Crippen LogP contribution is 2.22. The summed E-state index contributed by atoms with van der Waals surface area (Å²) in [6, 6.07) is 5.98. The number of anilines is 1. The van der Waals surface area contributed by atoms with Crippen LogP contribution >= 0.6 is 0 Å². The number of nitrogens with zero attached hydrogens (tertiary/aromatic N) is 5. The van der Waals surface area contributed by atoms with Crippen LogP contribution in [-0.2, 0) is 0 Å². The van der Waals surface area contributed by atoms with Gasteiger partial charge in [-0.05, 0) is 26.0 Å². The number of aliphatic hydroxyl groups is 1. The molecule has 106 valence electrons. The quantitative estimate of drug-likeness (QED) is 0.853. The summed E-state index contributed by atoms with van der Waals surface area (Å²) in [5.41, 5.74) is 0.757. The van der Waals surface area contributed by atoms with E-state index in [1.165, 1.54) is 0 Å². The fourth-order valence-electron chi connectivity index (χ4n) is 2.30. The van der Waals surface area contributed by atoms with E-state index in [9.17, 15) is 5.11 Å². The number of rotatable bonds is 3. The van der Waals surface area contributed by atoms with Gasteiger partial charge in [0, 0.05) is 19.1 Å². The lowest BCUT2D eigenvalue weighted by Crippen LogP contribution is -2.35. The van der Waals surface area contributed by atoms with E-state index in [1.54, 1.807) is 6.33 Å². The van der Waals surface area contributed by atoms with Gasteiger partial charge in [0.15, 0.2) is 12.2 Å². The predicted molar refractivity (Wildman–Crippen MR) is 75.0 cm³/mol. The summed E-state index contributed by atoms with van der Waals surface area (Å²) in [6.45, 7) is 5.62. The zero-order chi connectivity index (χ0) is 14.1. The molecule has 2 N–H and O–H groups in total. The molecule has 7 heteroatoms. The lowest BCUT2D eigenvalue weighted by atomic mass is 10.3. The Hall–Kier alpha value is -1.99. The molecule has 0 amide bonds. The molecule has 20 heavy (non-hydrogen) atoms. The standard InChI is InChI=1S/C13H18N6O/c1-9(2)19-8-15-17-12(19)10-4-3-5-11(16-10)18-7-6-14-13(18)20/h3-5,8-9,13-14,20H,6-7H2,1-2H3. The van der Waals surface area contributed by atoms with Crippen LogP contribution in [0, 0.1) is 0 Å². The first-order chi connectivity index (χ1) is 9.66. The highest BCUT2D eigenvalue weighted by molar-refractivity contribution is 5.54. The molecule has 1 saturated heterocycles. The molecule has 0 bridgehead atoms. The monoisotopic (exact) mass is 274 g/mol. The summed E-state index contributed by atoms with van der Waals surface area (Å²) in [4.78, 5) is 6.41. The van der Waals surface area contributed by atoms with E-state index >= 15 is 0 Å². The normalized spacial score (nSPS) is 19.0. The predicted octanol–water partition coefficient (Wildman–Crippen LogP) is 0.606. The Bertz CT molecular complexity index is 596. The van der Waals surface area contributed by atoms with Crippen LogP contribution in [0.15, 0.2) is 24.5 Å². The maximum Gasteiger partial charge on any atom is 0.185 e. The Morgan fingerprint density at radius 2 is 2.25 bits per heavy atom. The van der Waals surface area contributed by atoms with Crippen LogP contribution in [0.25, 0.3) is 11.5 Å². The van der Waals surface area contributed by atoms with Crippen LogP contribution in [0.4, 0.5) is 5.82 Å². The molecule has 3 heterocycles. The Labute approximate surface area is 117 Å². The van der Waals surface area contributed by atoms with E-state index in [4.69, 9.17) is 0 Å². The van der Waals surface area contributed by atoms with E-state index in [0.29, 0.717) is 0 Å². The number of hydrogen-bond donors (Lipinski definition) is 2. The second kappa shape index (κ2) is 5.18. The average Bonchev–Trinajstić information content (AvgIpc) is 3.07. The third kappa shape index (κ3) is 2.25. The first-order valence-corrected chi connectivity index (χ1v) is 6.72. The van der Waals surface area contributed by atoms with E-state index in [-0.39, 0.29) is 6.04 Å². The van der Waals surface area contributed by atoms with Gasteiger partial charge >= 0.3 is 0 Å². The lowest BCUT2D eigenvalue weighted by molar-refractivity contribution is 0.162. The van der Waals surface area contributed by atoms with Crippen molar-refractivity contribution in [3.8, 4) is 11.5 Å². The molecule has 0 saturated carbocycles. The minimum Gasteiger partial charge on any atom is -0.361 e. The van der Waals surface area contributed by atoms with Gasteiger partial charge in [-0.25, -0.2) is 4.98 Å². The summed E-state index contributed by atoms with van der Waals surface area (Å²) in [5, 5.41) is 20.9. The molecule has 1 fully saturated rings. The van der Waals surface area contributed by atoms with Gasteiger partial charge in [0.25, 0.3) is 0 Å². The average molecular weight is 274 g/mol. The smallest absolute Gasteiger partial charge is 0.185 e. The van der Waals surface area contributed by atoms with Gasteiger partial charge in [-0.1, -0.05) is 6.07 Å². The third-order valence-corrected chi connectivity index (χ3v) is 3.36. The molecule has 0 aromatic carbocycles. The first-order valence-electron chi connectivity index (χ1n) is 6.72. The molecule has 1 atom stereocenters. The van der Waals surface area contributed by atoms with E-state index in [1.807, 2.05) is 27.7 Å². The van der Waals surface area contributed by atoms with E-state index < -0.39 is 6.35 Å². The van der Waals surface area contributed by atoms with Crippen molar-refractivity contribution >= 4 is 5.82 Å². The fourth-order valence-corrected chi connectivity index (χ4v) is 2.30. The lowest BCUT2D eigenvalue weighted by Gasteiger charge is -2.21. The van der Waals surface area contributed by atoms with Gasteiger partial charge in [0.05, 0.1) is 0 Å². The van der Waals surface area contributed by atoms with E-state index in [0.717, 1.165) is 30.4 Å². The van der Waals surface area contributed by atoms with Crippen molar-refractivity contribution in [3.05, 3.63) is 24.5 Å². The maximum atomic E-state index is 9.85. The minimum absolute atomic E-state index is 0.268. The second-order valence-electron chi connectivity index (χ2n) is 5.06. The highest BCUT2D eigenvalue weighted by Gasteiger charge is 2.23. The van der Waals surface area contributed by atoms with Crippen molar-refractivity contribution in [1.29, 1.82) is 0 Å². The van der Waals surface area contributed by atoms with Crippen LogP contribution < -0.4 is 10.2 Å². The number of pyridine rings is 1. The zero-order valence-corrected chi connectivity index (χ0v) is 11.6. The van der Waals surface area contributed by atoms with Gasteiger partial charge in [0.2, 0.25) is 0 Å². The Balaban J connectivity index is 1.97. The van der Waals surface area contributed by atoms with Gasteiger partial charge in [-0.2, -0.15) is 0 Å². The number of aromatic nitrogens is 4.